The van der Waals surface area contributed by atoms with Gasteiger partial charge in [0, 0.05) is 30.9 Å². The van der Waals surface area contributed by atoms with Crippen LogP contribution in [0.2, 0.25) is 0 Å². The minimum absolute atomic E-state index is 0.0605. The lowest BCUT2D eigenvalue weighted by atomic mass is 9.96. The van der Waals surface area contributed by atoms with Crippen molar-refractivity contribution < 1.29 is 18.8 Å². The van der Waals surface area contributed by atoms with Crippen LogP contribution in [0.25, 0.3) is 0 Å². The number of anilines is 1. The molecule has 1 aliphatic heterocycles. The molecular formula is C22H25N3O4. The molecule has 0 radical (unpaired) electrons. The average molecular weight is 395 g/mol. The molecule has 1 atom stereocenters. The number of hydrogen-bond donors (Lipinski definition) is 2. The van der Waals surface area contributed by atoms with Gasteiger partial charge in [0.25, 0.3) is 11.8 Å². The first-order valence-corrected chi connectivity index (χ1v) is 10.1. The molecule has 1 saturated carbocycles. The third kappa shape index (κ3) is 4.85. The first kappa shape index (κ1) is 19.2. The van der Waals surface area contributed by atoms with Crippen LogP contribution in [-0.2, 0) is 4.79 Å². The summed E-state index contributed by atoms with van der Waals surface area (Å²) in [6.07, 6.45) is 5.48. The Bertz CT molecular complexity index is 872. The topological polar surface area (TPSA) is 91.7 Å². The summed E-state index contributed by atoms with van der Waals surface area (Å²) in [5.41, 5.74) is 1.12. The summed E-state index contributed by atoms with van der Waals surface area (Å²) >= 11 is 0. The number of amides is 3. The second-order valence-electron chi connectivity index (χ2n) is 7.79. The lowest BCUT2D eigenvalue weighted by molar-refractivity contribution is -0.126. The molecule has 2 fully saturated rings. The Morgan fingerprint density at radius 1 is 1.07 bits per heavy atom. The van der Waals surface area contributed by atoms with Gasteiger partial charge >= 0.3 is 0 Å². The predicted octanol–water partition coefficient (Wildman–Crippen LogP) is 2.91. The molecule has 152 valence electrons. The maximum absolute atomic E-state index is 12.9. The fourth-order valence-corrected chi connectivity index (χ4v) is 3.57. The van der Waals surface area contributed by atoms with E-state index in [4.69, 9.17) is 4.42 Å². The zero-order valence-corrected chi connectivity index (χ0v) is 16.2. The average Bonchev–Trinajstić information content (AvgIpc) is 3.42. The molecule has 3 amide bonds. The number of furan rings is 1. The predicted molar refractivity (Wildman–Crippen MR) is 107 cm³/mol. The first-order chi connectivity index (χ1) is 14.1. The SMILES string of the molecule is O=C(Nc1ccc(C(=O)N2CCCC(C(=O)NCC3CC3)C2)cc1)c1ccco1. The van der Waals surface area contributed by atoms with Crippen LogP contribution in [-0.4, -0.2) is 42.3 Å². The molecule has 0 spiro atoms. The molecule has 7 heteroatoms. The smallest absolute Gasteiger partial charge is 0.291 e. The molecule has 7 nitrogen and oxygen atoms in total. The van der Waals surface area contributed by atoms with Gasteiger partial charge in [0.05, 0.1) is 12.2 Å². The van der Waals surface area contributed by atoms with Gasteiger partial charge in [-0.1, -0.05) is 0 Å². The largest absolute Gasteiger partial charge is 0.459 e. The maximum atomic E-state index is 12.9. The van der Waals surface area contributed by atoms with E-state index in [1.165, 1.54) is 19.1 Å². The van der Waals surface area contributed by atoms with Crippen molar-refractivity contribution in [3.8, 4) is 0 Å². The highest BCUT2D eigenvalue weighted by Crippen LogP contribution is 2.28. The highest BCUT2D eigenvalue weighted by atomic mass is 16.3. The van der Waals surface area contributed by atoms with Crippen molar-refractivity contribution in [3.63, 3.8) is 0 Å². The highest BCUT2D eigenvalue weighted by molar-refractivity contribution is 6.02. The molecule has 4 rings (SSSR count). The number of likely N-dealkylation sites (tertiary alicyclic amines) is 1. The van der Waals surface area contributed by atoms with Crippen LogP contribution >= 0.6 is 0 Å². The Labute approximate surface area is 169 Å². The second kappa shape index (κ2) is 8.51. The van der Waals surface area contributed by atoms with E-state index in [1.54, 1.807) is 41.3 Å². The van der Waals surface area contributed by atoms with Crippen molar-refractivity contribution >= 4 is 23.4 Å². The summed E-state index contributed by atoms with van der Waals surface area (Å²) in [5.74, 6) is 0.360. The molecule has 0 bridgehead atoms. The van der Waals surface area contributed by atoms with E-state index in [-0.39, 0.29) is 29.4 Å². The standard InChI is InChI=1S/C22H25N3O4/c26-20(23-13-15-5-6-15)17-3-1-11-25(14-17)22(28)16-7-9-18(10-8-16)24-21(27)19-4-2-12-29-19/h2,4,7-10,12,15,17H,1,3,5-6,11,13-14H2,(H,23,26)(H,24,27). The Morgan fingerprint density at radius 2 is 1.86 bits per heavy atom. The van der Waals surface area contributed by atoms with Crippen LogP contribution in [0.4, 0.5) is 5.69 Å². The van der Waals surface area contributed by atoms with E-state index in [1.807, 2.05) is 0 Å². The van der Waals surface area contributed by atoms with Crippen molar-refractivity contribution in [2.45, 2.75) is 25.7 Å². The van der Waals surface area contributed by atoms with E-state index < -0.39 is 0 Å². The van der Waals surface area contributed by atoms with Gasteiger partial charge in [-0.3, -0.25) is 14.4 Å². The minimum Gasteiger partial charge on any atom is -0.459 e. The zero-order valence-electron chi connectivity index (χ0n) is 16.2. The Morgan fingerprint density at radius 3 is 2.55 bits per heavy atom. The van der Waals surface area contributed by atoms with Crippen LogP contribution in [0.15, 0.2) is 47.1 Å². The summed E-state index contributed by atoms with van der Waals surface area (Å²) in [6.45, 7) is 1.86. The van der Waals surface area contributed by atoms with Crippen LogP contribution in [0.1, 0.15) is 46.6 Å². The fraction of sp³-hybridized carbons (Fsp3) is 0.409. The number of hydrogen-bond acceptors (Lipinski definition) is 4. The molecule has 1 saturated heterocycles. The van der Waals surface area contributed by atoms with Crippen LogP contribution < -0.4 is 10.6 Å². The summed E-state index contributed by atoms with van der Waals surface area (Å²) in [4.78, 5) is 39.0. The first-order valence-electron chi connectivity index (χ1n) is 10.1. The van der Waals surface area contributed by atoms with Gasteiger partial charge in [0.2, 0.25) is 5.91 Å². The molecule has 1 aromatic heterocycles. The monoisotopic (exact) mass is 395 g/mol. The van der Waals surface area contributed by atoms with Gasteiger partial charge in [-0.2, -0.15) is 0 Å². The number of carbonyl (C=O) groups excluding carboxylic acids is 3. The lowest BCUT2D eigenvalue weighted by Crippen LogP contribution is -2.45. The lowest BCUT2D eigenvalue weighted by Gasteiger charge is -2.32. The number of piperidine rings is 1. The van der Waals surface area contributed by atoms with Crippen molar-refractivity contribution in [2.24, 2.45) is 11.8 Å². The van der Waals surface area contributed by atoms with Crippen molar-refractivity contribution in [1.29, 1.82) is 0 Å². The molecule has 1 aliphatic carbocycles. The Hall–Kier alpha value is -3.09. The molecule has 1 unspecified atom stereocenters. The minimum atomic E-state index is -0.342. The molecule has 1 aromatic carbocycles. The van der Waals surface area contributed by atoms with Gasteiger partial charge < -0.3 is 20.0 Å². The highest BCUT2D eigenvalue weighted by Gasteiger charge is 2.30. The van der Waals surface area contributed by atoms with Crippen molar-refractivity contribution in [1.82, 2.24) is 10.2 Å². The molecular weight excluding hydrogens is 370 g/mol. The maximum Gasteiger partial charge on any atom is 0.291 e. The Kier molecular flexibility index (Phi) is 5.64. The van der Waals surface area contributed by atoms with E-state index >= 15 is 0 Å². The van der Waals surface area contributed by atoms with E-state index in [9.17, 15) is 14.4 Å². The van der Waals surface area contributed by atoms with E-state index in [0.29, 0.717) is 30.3 Å². The van der Waals surface area contributed by atoms with E-state index in [2.05, 4.69) is 10.6 Å². The summed E-state index contributed by atoms with van der Waals surface area (Å²) in [7, 11) is 0. The van der Waals surface area contributed by atoms with E-state index in [0.717, 1.165) is 19.4 Å². The van der Waals surface area contributed by atoms with Gasteiger partial charge in [0.15, 0.2) is 5.76 Å². The summed E-state index contributed by atoms with van der Waals surface area (Å²) in [5, 5.41) is 5.76. The number of benzene rings is 1. The third-order valence-electron chi connectivity index (χ3n) is 5.48. The Balaban J connectivity index is 1.33. The summed E-state index contributed by atoms with van der Waals surface area (Å²) in [6, 6.07) is 10.00. The number of rotatable bonds is 6. The molecule has 2 aromatic rings. The van der Waals surface area contributed by atoms with Crippen LogP contribution in [0, 0.1) is 11.8 Å². The fourth-order valence-electron chi connectivity index (χ4n) is 3.57. The molecule has 2 heterocycles. The van der Waals surface area contributed by atoms with Crippen molar-refractivity contribution in [3.05, 3.63) is 54.0 Å². The molecule has 2 N–H and O–H groups in total. The van der Waals surface area contributed by atoms with Gasteiger partial charge in [-0.05, 0) is 68.0 Å². The molecule has 2 aliphatic rings. The summed E-state index contributed by atoms with van der Waals surface area (Å²) < 4.78 is 5.07. The van der Waals surface area contributed by atoms with Gasteiger partial charge in [-0.25, -0.2) is 0 Å². The normalized spacial score (nSPS) is 18.9. The second-order valence-corrected chi connectivity index (χ2v) is 7.79. The van der Waals surface area contributed by atoms with Gasteiger partial charge in [0.1, 0.15) is 0 Å². The number of nitrogens with zero attached hydrogens (tertiary/aromatic N) is 1. The quantitative estimate of drug-likeness (QED) is 0.787. The van der Waals surface area contributed by atoms with Crippen molar-refractivity contribution in [2.75, 3.05) is 25.0 Å². The third-order valence-corrected chi connectivity index (χ3v) is 5.48. The van der Waals surface area contributed by atoms with Crippen LogP contribution in [0.3, 0.4) is 0 Å². The molecule has 29 heavy (non-hydrogen) atoms. The van der Waals surface area contributed by atoms with Gasteiger partial charge in [-0.15, -0.1) is 0 Å². The number of nitrogens with one attached hydrogen (secondary N) is 2. The zero-order chi connectivity index (χ0) is 20.2. The number of carbonyl (C=O) groups is 3. The van der Waals surface area contributed by atoms with Crippen LogP contribution in [0.5, 0.6) is 0 Å².